The molecule has 1 aliphatic carbocycles. The van der Waals surface area contributed by atoms with Crippen molar-refractivity contribution >= 4 is 50.9 Å². The molecule has 0 saturated heterocycles. The van der Waals surface area contributed by atoms with Crippen LogP contribution in [0.2, 0.25) is 0 Å². The highest BCUT2D eigenvalue weighted by Crippen LogP contribution is 2.50. The summed E-state index contributed by atoms with van der Waals surface area (Å²) in [4.78, 5) is 2.39. The zero-order valence-electron chi connectivity index (χ0n) is 29.9. The molecule has 0 unspecified atom stereocenters. The van der Waals surface area contributed by atoms with Gasteiger partial charge in [-0.05, 0) is 108 Å². The lowest BCUT2D eigenvalue weighted by Crippen LogP contribution is -2.14. The van der Waals surface area contributed by atoms with E-state index in [-0.39, 0.29) is 0 Å². The van der Waals surface area contributed by atoms with E-state index in [4.69, 9.17) is 0 Å². The van der Waals surface area contributed by atoms with Crippen molar-refractivity contribution in [3.8, 4) is 11.1 Å². The number of hydrogen-bond acceptors (Lipinski definition) is 2. The van der Waals surface area contributed by atoms with Crippen molar-refractivity contribution in [2.45, 2.75) is 41.0 Å². The fourth-order valence-corrected chi connectivity index (χ4v) is 7.02. The molecule has 0 fully saturated rings. The van der Waals surface area contributed by atoms with E-state index < -0.39 is 0 Å². The van der Waals surface area contributed by atoms with E-state index >= 15 is 0 Å². The number of allylic oxidation sites excluding steroid dienone is 6. The molecule has 0 aromatic heterocycles. The number of nitrogens with zero attached hydrogens (tertiary/aromatic N) is 1. The van der Waals surface area contributed by atoms with Gasteiger partial charge in [-0.15, -0.1) is 0 Å². The van der Waals surface area contributed by atoms with Crippen LogP contribution in [-0.4, -0.2) is 0 Å². The molecular formula is C48H46N2. The molecule has 0 spiro atoms. The first kappa shape index (κ1) is 34.0. The Hall–Kier alpha value is -5.86. The average molecular weight is 651 g/mol. The van der Waals surface area contributed by atoms with E-state index in [2.05, 4.69) is 183 Å². The summed E-state index contributed by atoms with van der Waals surface area (Å²) in [5.74, 6) is 0. The Labute approximate surface area is 298 Å². The van der Waals surface area contributed by atoms with Crippen LogP contribution in [0.4, 0.5) is 28.4 Å². The number of nitrogens with one attached hydrogen (secondary N) is 1. The van der Waals surface area contributed by atoms with Gasteiger partial charge in [0.05, 0.1) is 11.4 Å². The summed E-state index contributed by atoms with van der Waals surface area (Å²) in [5.41, 5.74) is 16.3. The first-order chi connectivity index (χ1) is 24.6. The Balaban J connectivity index is 0.000000216. The summed E-state index contributed by atoms with van der Waals surface area (Å²) in [7, 11) is 0. The van der Waals surface area contributed by atoms with Crippen molar-refractivity contribution in [3.05, 3.63) is 186 Å². The van der Waals surface area contributed by atoms with Gasteiger partial charge in [0, 0.05) is 33.6 Å². The quantitative estimate of drug-likeness (QED) is 0.180. The van der Waals surface area contributed by atoms with Gasteiger partial charge < -0.3 is 10.2 Å². The van der Waals surface area contributed by atoms with Crippen LogP contribution in [0, 0.1) is 6.92 Å². The lowest BCUT2D eigenvalue weighted by molar-refractivity contribution is 1.28. The Morgan fingerprint density at radius 3 is 2.18 bits per heavy atom. The number of para-hydroxylation sites is 1. The van der Waals surface area contributed by atoms with Crippen molar-refractivity contribution in [1.29, 1.82) is 0 Å². The SMILES string of the molecule is C1=Cc2c(cccc2Nc2ccc(N3c4ccccc4-c4cccc5cccc3c45)cc2)C1.C=C/C=C(C)\C(=C/C)c1ccccc1C.CC. The first-order valence-electron chi connectivity index (χ1n) is 17.7. The summed E-state index contributed by atoms with van der Waals surface area (Å²) in [5, 5.41) is 6.20. The van der Waals surface area contributed by atoms with Crippen LogP contribution >= 0.6 is 0 Å². The summed E-state index contributed by atoms with van der Waals surface area (Å²) < 4.78 is 0. The minimum Gasteiger partial charge on any atom is -0.355 e. The van der Waals surface area contributed by atoms with E-state index in [9.17, 15) is 0 Å². The number of fused-ring (bicyclic) bond motifs is 3. The second-order valence-electron chi connectivity index (χ2n) is 12.3. The number of rotatable bonds is 6. The van der Waals surface area contributed by atoms with Gasteiger partial charge in [0.15, 0.2) is 0 Å². The molecule has 248 valence electrons. The maximum atomic E-state index is 3.73. The van der Waals surface area contributed by atoms with Crippen LogP contribution < -0.4 is 10.2 Å². The van der Waals surface area contributed by atoms with E-state index in [0.29, 0.717) is 0 Å². The smallest absolute Gasteiger partial charge is 0.0546 e. The normalized spacial score (nSPS) is 12.6. The first-order valence-corrected chi connectivity index (χ1v) is 17.7. The van der Waals surface area contributed by atoms with Gasteiger partial charge in [0.25, 0.3) is 0 Å². The third-order valence-corrected chi connectivity index (χ3v) is 9.30. The molecule has 1 heterocycles. The van der Waals surface area contributed by atoms with Gasteiger partial charge in [0.1, 0.15) is 0 Å². The van der Waals surface area contributed by atoms with Crippen molar-refractivity contribution < 1.29 is 0 Å². The summed E-state index contributed by atoms with van der Waals surface area (Å²) in [6.45, 7) is 14.1. The zero-order valence-corrected chi connectivity index (χ0v) is 29.9. The van der Waals surface area contributed by atoms with E-state index in [0.717, 1.165) is 23.5 Å². The van der Waals surface area contributed by atoms with E-state index in [1.54, 1.807) is 0 Å². The maximum absolute atomic E-state index is 3.73. The lowest BCUT2D eigenvalue weighted by atomic mass is 9.91. The monoisotopic (exact) mass is 650 g/mol. The highest BCUT2D eigenvalue weighted by Gasteiger charge is 2.25. The van der Waals surface area contributed by atoms with Crippen molar-refractivity contribution in [2.24, 2.45) is 0 Å². The van der Waals surface area contributed by atoms with Gasteiger partial charge in [-0.2, -0.15) is 0 Å². The molecule has 0 saturated carbocycles. The zero-order chi connectivity index (χ0) is 35.0. The largest absolute Gasteiger partial charge is 0.355 e. The molecule has 2 heteroatoms. The Morgan fingerprint density at radius 1 is 0.740 bits per heavy atom. The second-order valence-corrected chi connectivity index (χ2v) is 12.3. The molecule has 50 heavy (non-hydrogen) atoms. The predicted octanol–water partition coefficient (Wildman–Crippen LogP) is 14.2. The van der Waals surface area contributed by atoms with Gasteiger partial charge in [-0.25, -0.2) is 0 Å². The molecule has 6 aromatic rings. The molecule has 1 aliphatic heterocycles. The molecule has 2 aliphatic rings. The molecule has 2 nitrogen and oxygen atoms in total. The molecule has 0 bridgehead atoms. The van der Waals surface area contributed by atoms with Crippen LogP contribution in [-0.2, 0) is 6.42 Å². The fourth-order valence-electron chi connectivity index (χ4n) is 7.02. The van der Waals surface area contributed by atoms with Gasteiger partial charge in [0.2, 0.25) is 0 Å². The molecule has 8 rings (SSSR count). The van der Waals surface area contributed by atoms with Crippen LogP contribution in [0.3, 0.4) is 0 Å². The molecule has 6 aromatic carbocycles. The summed E-state index contributed by atoms with van der Waals surface area (Å²) >= 11 is 0. The number of hydrogen-bond donors (Lipinski definition) is 1. The summed E-state index contributed by atoms with van der Waals surface area (Å²) in [6, 6.07) is 45.6. The highest BCUT2D eigenvalue weighted by molar-refractivity contribution is 6.13. The molecule has 0 amide bonds. The summed E-state index contributed by atoms with van der Waals surface area (Å²) in [6.07, 6.45) is 11.5. The predicted molar refractivity (Wildman–Crippen MR) is 220 cm³/mol. The standard InChI is InChI=1S/C31H22N2.C15H18.C2H6/c1-2-15-29-26(11-1)27-13-4-9-22-10-6-16-30(31(22)27)33(29)24-19-17-23(18-20-24)32-28-14-5-8-21-7-3-12-25(21)28;1-5-9-12(3)14(6-2)15-11-8-7-10-13(15)4;1-2/h1-6,8-20,32H,7H2;5-11H,1H2,2-4H3;1-2H3/b;12-9-,14-6+;. The molecule has 1 N–H and O–H groups in total. The lowest BCUT2D eigenvalue weighted by Gasteiger charge is -2.33. The minimum absolute atomic E-state index is 1.02. The Morgan fingerprint density at radius 2 is 1.42 bits per heavy atom. The fraction of sp³-hybridized carbons (Fsp3) is 0.125. The Bertz CT molecular complexity index is 2220. The van der Waals surface area contributed by atoms with Gasteiger partial charge in [-0.1, -0.05) is 136 Å². The van der Waals surface area contributed by atoms with Crippen LogP contribution in [0.25, 0.3) is 33.5 Å². The van der Waals surface area contributed by atoms with Crippen molar-refractivity contribution in [3.63, 3.8) is 0 Å². The van der Waals surface area contributed by atoms with E-state index in [1.165, 1.54) is 66.7 Å². The highest BCUT2D eigenvalue weighted by atomic mass is 15.2. The van der Waals surface area contributed by atoms with Crippen LogP contribution in [0.1, 0.15) is 49.9 Å². The van der Waals surface area contributed by atoms with Crippen LogP contribution in [0.5, 0.6) is 0 Å². The Kier molecular flexibility index (Phi) is 10.6. The molecule has 0 radical (unpaired) electrons. The number of benzene rings is 6. The van der Waals surface area contributed by atoms with Crippen molar-refractivity contribution in [1.82, 2.24) is 0 Å². The van der Waals surface area contributed by atoms with Gasteiger partial charge in [-0.3, -0.25) is 0 Å². The topological polar surface area (TPSA) is 15.3 Å². The second kappa shape index (κ2) is 15.6. The molecular weight excluding hydrogens is 605 g/mol. The average Bonchev–Trinajstić information content (AvgIpc) is 3.65. The molecule has 0 atom stereocenters. The third-order valence-electron chi connectivity index (χ3n) is 9.30. The van der Waals surface area contributed by atoms with Gasteiger partial charge >= 0.3 is 0 Å². The third kappa shape index (κ3) is 6.70. The maximum Gasteiger partial charge on any atom is 0.0546 e. The number of aryl methyl sites for hydroxylation is 1. The van der Waals surface area contributed by atoms with Crippen LogP contribution in [0.15, 0.2) is 164 Å². The van der Waals surface area contributed by atoms with E-state index in [1.807, 2.05) is 26.0 Å². The number of anilines is 5. The minimum atomic E-state index is 1.02. The van der Waals surface area contributed by atoms with Crippen molar-refractivity contribution in [2.75, 3.05) is 10.2 Å².